The highest BCUT2D eigenvalue weighted by Crippen LogP contribution is 2.21. The van der Waals surface area contributed by atoms with E-state index < -0.39 is 11.9 Å². The highest BCUT2D eigenvalue weighted by atomic mass is 32.2. The number of amides is 1. The summed E-state index contributed by atoms with van der Waals surface area (Å²) in [7, 11) is 1.31. The van der Waals surface area contributed by atoms with Crippen molar-refractivity contribution in [1.82, 2.24) is 0 Å². The molecule has 0 fully saturated rings. The third-order valence-corrected chi connectivity index (χ3v) is 2.67. The molecule has 1 aromatic rings. The minimum absolute atomic E-state index is 0.409. The van der Waals surface area contributed by atoms with Gasteiger partial charge in [-0.1, -0.05) is 0 Å². The fourth-order valence-corrected chi connectivity index (χ4v) is 1.77. The van der Waals surface area contributed by atoms with Gasteiger partial charge in [0.25, 0.3) is 0 Å². The summed E-state index contributed by atoms with van der Waals surface area (Å²) < 4.78 is 4.57. The van der Waals surface area contributed by atoms with Crippen LogP contribution in [0.5, 0.6) is 0 Å². The fourth-order valence-electron chi connectivity index (χ4n) is 1.14. The molecular weight excluding hydrogens is 214 g/mol. The van der Waals surface area contributed by atoms with Crippen molar-refractivity contribution in [2.75, 3.05) is 13.4 Å². The Labute approximate surface area is 91.8 Å². The van der Waals surface area contributed by atoms with Crippen LogP contribution in [0.3, 0.4) is 0 Å². The number of primary amides is 1. The predicted molar refractivity (Wildman–Crippen MR) is 58.1 cm³/mol. The van der Waals surface area contributed by atoms with Crippen LogP contribution < -0.4 is 5.73 Å². The van der Waals surface area contributed by atoms with Gasteiger partial charge in [-0.2, -0.15) is 0 Å². The molecule has 80 valence electrons. The smallest absolute Gasteiger partial charge is 0.337 e. The lowest BCUT2D eigenvalue weighted by Gasteiger charge is -2.05. The molecule has 5 heteroatoms. The Balaban J connectivity index is 3.19. The van der Waals surface area contributed by atoms with E-state index in [0.29, 0.717) is 16.0 Å². The molecule has 0 saturated heterocycles. The molecule has 0 aliphatic carbocycles. The van der Waals surface area contributed by atoms with Gasteiger partial charge in [0, 0.05) is 4.90 Å². The Kier molecular flexibility index (Phi) is 3.74. The first-order valence-electron chi connectivity index (χ1n) is 4.16. The van der Waals surface area contributed by atoms with Gasteiger partial charge in [-0.15, -0.1) is 11.8 Å². The normalized spacial score (nSPS) is 9.73. The lowest BCUT2D eigenvalue weighted by atomic mass is 10.1. The number of rotatable bonds is 3. The summed E-state index contributed by atoms with van der Waals surface area (Å²) in [5, 5.41) is 0. The van der Waals surface area contributed by atoms with E-state index in [4.69, 9.17) is 5.73 Å². The molecule has 1 aromatic carbocycles. The van der Waals surface area contributed by atoms with Crippen LogP contribution in [0.2, 0.25) is 0 Å². The fraction of sp³-hybridized carbons (Fsp3) is 0.200. The van der Waals surface area contributed by atoms with Gasteiger partial charge in [0.05, 0.1) is 18.2 Å². The Hall–Kier alpha value is -1.49. The number of hydrogen-bond acceptors (Lipinski definition) is 4. The minimum atomic E-state index is -0.504. The zero-order valence-electron chi connectivity index (χ0n) is 8.44. The molecule has 0 bridgehead atoms. The Morgan fingerprint density at radius 1 is 1.40 bits per heavy atom. The monoisotopic (exact) mass is 225 g/mol. The number of thioether (sulfide) groups is 1. The quantitative estimate of drug-likeness (QED) is 0.621. The topological polar surface area (TPSA) is 69.4 Å². The van der Waals surface area contributed by atoms with Crippen molar-refractivity contribution in [2.24, 2.45) is 5.73 Å². The summed E-state index contributed by atoms with van der Waals surface area (Å²) in [6, 6.07) is 4.64. The number of carbonyl (C=O) groups is 2. The summed E-state index contributed by atoms with van der Waals surface area (Å²) in [6.45, 7) is 0. The van der Waals surface area contributed by atoms with Crippen LogP contribution in [0.4, 0.5) is 0 Å². The van der Waals surface area contributed by atoms with E-state index in [9.17, 15) is 9.59 Å². The zero-order chi connectivity index (χ0) is 11.4. The third kappa shape index (κ3) is 2.50. The largest absolute Gasteiger partial charge is 0.465 e. The molecule has 0 radical (unpaired) electrons. The molecule has 0 aliphatic rings. The van der Waals surface area contributed by atoms with Crippen LogP contribution in [0.1, 0.15) is 20.7 Å². The summed E-state index contributed by atoms with van der Waals surface area (Å²) in [5.41, 5.74) is 6.00. The average molecular weight is 225 g/mol. The molecule has 0 saturated carbocycles. The van der Waals surface area contributed by atoms with E-state index in [1.165, 1.54) is 31.0 Å². The van der Waals surface area contributed by atoms with Crippen LogP contribution >= 0.6 is 11.8 Å². The van der Waals surface area contributed by atoms with Crippen LogP contribution in [0, 0.1) is 0 Å². The molecule has 0 spiro atoms. The van der Waals surface area contributed by atoms with Crippen molar-refractivity contribution in [3.8, 4) is 0 Å². The molecule has 0 unspecified atom stereocenters. The van der Waals surface area contributed by atoms with Gasteiger partial charge in [0.15, 0.2) is 0 Å². The predicted octanol–water partition coefficient (Wildman–Crippen LogP) is 1.29. The second-order valence-corrected chi connectivity index (χ2v) is 3.62. The van der Waals surface area contributed by atoms with Crippen LogP contribution in [-0.2, 0) is 4.74 Å². The van der Waals surface area contributed by atoms with Gasteiger partial charge in [0.2, 0.25) is 5.91 Å². The van der Waals surface area contributed by atoms with E-state index >= 15 is 0 Å². The van der Waals surface area contributed by atoms with Gasteiger partial charge < -0.3 is 10.5 Å². The molecule has 15 heavy (non-hydrogen) atoms. The minimum Gasteiger partial charge on any atom is -0.465 e. The first kappa shape index (κ1) is 11.6. The number of hydrogen-bond donors (Lipinski definition) is 1. The van der Waals surface area contributed by atoms with Gasteiger partial charge in [-0.05, 0) is 24.5 Å². The maximum Gasteiger partial charge on any atom is 0.337 e. The number of carbonyl (C=O) groups excluding carboxylic acids is 2. The van der Waals surface area contributed by atoms with Crippen molar-refractivity contribution in [2.45, 2.75) is 4.90 Å². The van der Waals surface area contributed by atoms with E-state index in [-0.39, 0.29) is 0 Å². The summed E-state index contributed by atoms with van der Waals surface area (Å²) in [6.07, 6.45) is 1.81. The molecule has 0 heterocycles. The molecule has 1 rings (SSSR count). The Bertz CT molecular complexity index is 404. The first-order chi connectivity index (χ1) is 7.10. The lowest BCUT2D eigenvalue weighted by Crippen LogP contribution is -2.13. The van der Waals surface area contributed by atoms with Crippen molar-refractivity contribution < 1.29 is 14.3 Å². The standard InChI is InChI=1S/C10H11NO3S/c1-14-10(13)6-3-4-7(9(11)12)8(5-6)15-2/h3-5H,1-2H3,(H2,11,12). The molecule has 0 aliphatic heterocycles. The number of methoxy groups -OCH3 is 1. The van der Waals surface area contributed by atoms with Crippen molar-refractivity contribution in [3.05, 3.63) is 29.3 Å². The van der Waals surface area contributed by atoms with E-state index in [1.54, 1.807) is 6.07 Å². The van der Waals surface area contributed by atoms with Gasteiger partial charge in [-0.25, -0.2) is 4.79 Å². The molecule has 0 aromatic heterocycles. The van der Waals surface area contributed by atoms with E-state index in [1.807, 2.05) is 6.26 Å². The third-order valence-electron chi connectivity index (χ3n) is 1.89. The SMILES string of the molecule is COC(=O)c1ccc(C(N)=O)c(SC)c1. The second-order valence-electron chi connectivity index (χ2n) is 2.77. The summed E-state index contributed by atoms with van der Waals surface area (Å²) in [5.74, 6) is -0.933. The maximum absolute atomic E-state index is 11.2. The highest BCUT2D eigenvalue weighted by Gasteiger charge is 2.12. The summed E-state index contributed by atoms with van der Waals surface area (Å²) >= 11 is 1.36. The van der Waals surface area contributed by atoms with Crippen LogP contribution in [-0.4, -0.2) is 25.2 Å². The maximum atomic E-state index is 11.2. The van der Waals surface area contributed by atoms with Gasteiger partial charge >= 0.3 is 5.97 Å². The van der Waals surface area contributed by atoms with Crippen LogP contribution in [0.15, 0.2) is 23.1 Å². The Morgan fingerprint density at radius 3 is 2.53 bits per heavy atom. The first-order valence-corrected chi connectivity index (χ1v) is 5.38. The molecule has 0 atom stereocenters. The van der Waals surface area contributed by atoms with Crippen molar-refractivity contribution >= 4 is 23.6 Å². The zero-order valence-corrected chi connectivity index (χ0v) is 9.26. The number of ether oxygens (including phenoxy) is 1. The molecule has 4 nitrogen and oxygen atoms in total. The van der Waals surface area contributed by atoms with Crippen molar-refractivity contribution in [1.29, 1.82) is 0 Å². The highest BCUT2D eigenvalue weighted by molar-refractivity contribution is 7.98. The number of nitrogens with two attached hydrogens (primary N) is 1. The van der Waals surface area contributed by atoms with Crippen molar-refractivity contribution in [3.63, 3.8) is 0 Å². The van der Waals surface area contributed by atoms with Gasteiger partial charge in [0.1, 0.15) is 0 Å². The molecule has 2 N–H and O–H groups in total. The van der Waals surface area contributed by atoms with E-state index in [2.05, 4.69) is 4.74 Å². The molecular formula is C10H11NO3S. The Morgan fingerprint density at radius 2 is 2.07 bits per heavy atom. The summed E-state index contributed by atoms with van der Waals surface area (Å²) in [4.78, 5) is 22.9. The van der Waals surface area contributed by atoms with Gasteiger partial charge in [-0.3, -0.25) is 4.79 Å². The number of benzene rings is 1. The lowest BCUT2D eigenvalue weighted by molar-refractivity contribution is 0.0600. The molecule has 1 amide bonds. The number of esters is 1. The second kappa shape index (κ2) is 4.84. The van der Waals surface area contributed by atoms with E-state index in [0.717, 1.165) is 0 Å². The van der Waals surface area contributed by atoms with Crippen LogP contribution in [0.25, 0.3) is 0 Å². The average Bonchev–Trinajstić information content (AvgIpc) is 2.26.